The molecule has 3 rings (SSSR count). The number of fused-ring (bicyclic) bond motifs is 1. The maximum Gasteiger partial charge on any atom is 0.222 e. The van der Waals surface area contributed by atoms with Gasteiger partial charge in [0.1, 0.15) is 0 Å². The summed E-state index contributed by atoms with van der Waals surface area (Å²) in [5, 5.41) is 3.41. The van der Waals surface area contributed by atoms with Crippen molar-refractivity contribution in [3.05, 3.63) is 23.3 Å². The molecule has 0 bridgehead atoms. The number of ether oxygens (including phenoxy) is 2. The van der Waals surface area contributed by atoms with Crippen molar-refractivity contribution in [3.63, 3.8) is 0 Å². The molecule has 0 atom stereocenters. The van der Waals surface area contributed by atoms with Gasteiger partial charge in [-0.3, -0.25) is 9.79 Å². The summed E-state index contributed by atoms with van der Waals surface area (Å²) in [7, 11) is 3.29. The first-order valence-corrected chi connectivity index (χ1v) is 11.6. The van der Waals surface area contributed by atoms with Crippen LogP contribution in [0.2, 0.25) is 0 Å². The first-order chi connectivity index (χ1) is 15.0. The fourth-order valence-corrected chi connectivity index (χ4v) is 4.32. The number of amides is 1. The van der Waals surface area contributed by atoms with Gasteiger partial charge in [-0.05, 0) is 61.8 Å². The van der Waals surface area contributed by atoms with Gasteiger partial charge in [-0.15, -0.1) is 24.0 Å². The quantitative estimate of drug-likeness (QED) is 0.240. The van der Waals surface area contributed by atoms with E-state index in [1.54, 1.807) is 14.2 Å². The van der Waals surface area contributed by atoms with E-state index >= 15 is 0 Å². The Bertz CT molecular complexity index is 779. The summed E-state index contributed by atoms with van der Waals surface area (Å²) < 4.78 is 10.8. The lowest BCUT2D eigenvalue weighted by Gasteiger charge is -2.33. The molecule has 2 aliphatic rings. The zero-order chi connectivity index (χ0) is 22.2. The second-order valence-electron chi connectivity index (χ2n) is 8.55. The first-order valence-electron chi connectivity index (χ1n) is 11.6. The van der Waals surface area contributed by atoms with Gasteiger partial charge in [-0.1, -0.05) is 6.92 Å². The van der Waals surface area contributed by atoms with Crippen molar-refractivity contribution in [2.45, 2.75) is 52.5 Å². The summed E-state index contributed by atoms with van der Waals surface area (Å²) in [5.41, 5.74) is 2.38. The number of piperidine rings is 1. The third kappa shape index (κ3) is 6.89. The zero-order valence-electron chi connectivity index (χ0n) is 20.0. The molecule has 2 aliphatic heterocycles. The average Bonchev–Trinajstić information content (AvgIpc) is 2.80. The molecule has 1 N–H and O–H groups in total. The van der Waals surface area contributed by atoms with Gasteiger partial charge in [-0.25, -0.2) is 0 Å². The van der Waals surface area contributed by atoms with Crippen LogP contribution in [0.25, 0.3) is 0 Å². The first kappa shape index (κ1) is 26.5. The van der Waals surface area contributed by atoms with Crippen LogP contribution in [-0.2, 0) is 17.8 Å². The van der Waals surface area contributed by atoms with E-state index in [-0.39, 0.29) is 29.9 Å². The third-order valence-corrected chi connectivity index (χ3v) is 6.30. The lowest BCUT2D eigenvalue weighted by Crippen LogP contribution is -2.45. The van der Waals surface area contributed by atoms with Crippen LogP contribution in [0.4, 0.5) is 0 Å². The van der Waals surface area contributed by atoms with Crippen molar-refractivity contribution in [2.75, 3.05) is 46.9 Å². The number of carbonyl (C=O) groups excluding carboxylic acids is 1. The fourth-order valence-electron chi connectivity index (χ4n) is 4.32. The number of benzene rings is 1. The summed E-state index contributed by atoms with van der Waals surface area (Å²) in [4.78, 5) is 21.9. The van der Waals surface area contributed by atoms with E-state index in [1.807, 2.05) is 17.0 Å². The van der Waals surface area contributed by atoms with Crippen LogP contribution in [-0.4, -0.2) is 68.6 Å². The minimum Gasteiger partial charge on any atom is -0.493 e. The highest BCUT2D eigenvalue weighted by Gasteiger charge is 2.23. The molecule has 7 nitrogen and oxygen atoms in total. The van der Waals surface area contributed by atoms with Crippen molar-refractivity contribution >= 4 is 35.8 Å². The van der Waals surface area contributed by atoms with Gasteiger partial charge in [0, 0.05) is 45.7 Å². The molecular weight excluding hydrogens is 519 g/mol. The molecule has 0 aliphatic carbocycles. The van der Waals surface area contributed by atoms with E-state index in [0.29, 0.717) is 25.3 Å². The highest BCUT2D eigenvalue weighted by Crippen LogP contribution is 2.33. The standard InChI is InChI=1S/C24H38N4O3.HI/c1-5-25-24(27-12-8-18(2)9-13-27)26-11-6-7-23(29)28-14-10-19-15-21(30-3)22(31-4)16-20(19)17-28;/h15-16,18H,5-14,17H2,1-4H3,(H,25,26);1H. The van der Waals surface area contributed by atoms with Gasteiger partial charge in [0.25, 0.3) is 0 Å². The number of methoxy groups -OCH3 is 2. The Morgan fingerprint density at radius 2 is 1.75 bits per heavy atom. The Kier molecular flexibility index (Phi) is 10.9. The number of nitrogens with one attached hydrogen (secondary N) is 1. The van der Waals surface area contributed by atoms with Crippen LogP contribution in [0.1, 0.15) is 50.7 Å². The van der Waals surface area contributed by atoms with Crippen molar-refractivity contribution in [1.29, 1.82) is 0 Å². The van der Waals surface area contributed by atoms with Crippen LogP contribution in [0.3, 0.4) is 0 Å². The fraction of sp³-hybridized carbons (Fsp3) is 0.667. The van der Waals surface area contributed by atoms with Crippen LogP contribution in [0, 0.1) is 5.92 Å². The highest BCUT2D eigenvalue weighted by molar-refractivity contribution is 14.0. The molecule has 0 spiro atoms. The molecule has 180 valence electrons. The minimum atomic E-state index is 0. The molecule has 0 saturated carbocycles. The summed E-state index contributed by atoms with van der Waals surface area (Å²) >= 11 is 0. The molecule has 0 unspecified atom stereocenters. The smallest absolute Gasteiger partial charge is 0.222 e. The molecule has 1 aromatic carbocycles. The van der Waals surface area contributed by atoms with Gasteiger partial charge in [0.2, 0.25) is 5.91 Å². The summed E-state index contributed by atoms with van der Waals surface area (Å²) in [6.45, 7) is 9.47. The van der Waals surface area contributed by atoms with Crippen LogP contribution < -0.4 is 14.8 Å². The Morgan fingerprint density at radius 1 is 1.09 bits per heavy atom. The Balaban J connectivity index is 0.00000363. The maximum atomic E-state index is 12.8. The molecule has 0 radical (unpaired) electrons. The number of guanidine groups is 1. The number of aliphatic imine (C=N–C) groups is 1. The highest BCUT2D eigenvalue weighted by atomic mass is 127. The van der Waals surface area contributed by atoms with Gasteiger partial charge >= 0.3 is 0 Å². The number of rotatable bonds is 7. The van der Waals surface area contributed by atoms with E-state index in [2.05, 4.69) is 24.1 Å². The third-order valence-electron chi connectivity index (χ3n) is 6.30. The number of likely N-dealkylation sites (tertiary alicyclic amines) is 1. The second kappa shape index (κ2) is 13.1. The molecule has 1 saturated heterocycles. The van der Waals surface area contributed by atoms with Crippen LogP contribution in [0.15, 0.2) is 17.1 Å². The predicted octanol–water partition coefficient (Wildman–Crippen LogP) is 3.68. The van der Waals surface area contributed by atoms with Gasteiger partial charge in [-0.2, -0.15) is 0 Å². The summed E-state index contributed by atoms with van der Waals surface area (Å²) in [5.74, 6) is 3.46. The van der Waals surface area contributed by atoms with E-state index in [9.17, 15) is 4.79 Å². The summed E-state index contributed by atoms with van der Waals surface area (Å²) in [6, 6.07) is 4.04. The second-order valence-corrected chi connectivity index (χ2v) is 8.55. The lowest BCUT2D eigenvalue weighted by atomic mass is 9.98. The molecule has 1 aromatic rings. The predicted molar refractivity (Wildman–Crippen MR) is 139 cm³/mol. The Labute approximate surface area is 209 Å². The largest absolute Gasteiger partial charge is 0.493 e. The number of hydrogen-bond donors (Lipinski definition) is 1. The van der Waals surface area contributed by atoms with Crippen LogP contribution in [0.5, 0.6) is 11.5 Å². The van der Waals surface area contributed by atoms with Crippen molar-refractivity contribution in [1.82, 2.24) is 15.1 Å². The van der Waals surface area contributed by atoms with E-state index in [4.69, 9.17) is 14.5 Å². The maximum absolute atomic E-state index is 12.8. The molecule has 8 heteroatoms. The van der Waals surface area contributed by atoms with E-state index in [0.717, 1.165) is 62.2 Å². The van der Waals surface area contributed by atoms with Crippen molar-refractivity contribution < 1.29 is 14.3 Å². The lowest BCUT2D eigenvalue weighted by molar-refractivity contribution is -0.132. The molecule has 32 heavy (non-hydrogen) atoms. The van der Waals surface area contributed by atoms with Gasteiger partial charge in [0.05, 0.1) is 14.2 Å². The SMILES string of the molecule is CCNC(=NCCCC(=O)N1CCc2cc(OC)c(OC)cc2C1)N1CCC(C)CC1.I. The molecule has 2 heterocycles. The summed E-state index contributed by atoms with van der Waals surface area (Å²) in [6.07, 6.45) is 4.58. The molecule has 0 aromatic heterocycles. The Morgan fingerprint density at radius 3 is 2.38 bits per heavy atom. The molecule has 1 amide bonds. The molecule has 1 fully saturated rings. The average molecular weight is 559 g/mol. The number of halogens is 1. The van der Waals surface area contributed by atoms with E-state index in [1.165, 1.54) is 18.4 Å². The van der Waals surface area contributed by atoms with Gasteiger partial charge < -0.3 is 24.6 Å². The minimum absolute atomic E-state index is 0. The number of carbonyl (C=O) groups is 1. The topological polar surface area (TPSA) is 66.4 Å². The monoisotopic (exact) mass is 558 g/mol. The number of hydrogen-bond acceptors (Lipinski definition) is 4. The molecular formula is C24H39IN4O3. The number of nitrogens with zero attached hydrogens (tertiary/aromatic N) is 3. The van der Waals surface area contributed by atoms with Gasteiger partial charge in [0.15, 0.2) is 17.5 Å². The zero-order valence-corrected chi connectivity index (χ0v) is 22.3. The van der Waals surface area contributed by atoms with Crippen molar-refractivity contribution in [3.8, 4) is 11.5 Å². The van der Waals surface area contributed by atoms with E-state index < -0.39 is 0 Å². The normalized spacial score (nSPS) is 16.8. The van der Waals surface area contributed by atoms with Crippen LogP contribution >= 0.6 is 24.0 Å². The Hall–Kier alpha value is -1.71. The van der Waals surface area contributed by atoms with Crippen molar-refractivity contribution in [2.24, 2.45) is 10.9 Å².